The minimum absolute atomic E-state index is 0.253. The molecule has 3 aromatic rings. The van der Waals surface area contributed by atoms with Crippen molar-refractivity contribution in [3.8, 4) is 0 Å². The van der Waals surface area contributed by atoms with Gasteiger partial charge in [-0.1, -0.05) is 12.1 Å². The molecule has 1 aromatic heterocycles. The molecule has 2 aromatic carbocycles. The number of anilines is 2. The Morgan fingerprint density at radius 2 is 1.83 bits per heavy atom. The second-order valence-electron chi connectivity index (χ2n) is 5.68. The van der Waals surface area contributed by atoms with Gasteiger partial charge in [0.05, 0.1) is 11.1 Å². The number of rotatable bonds is 3. The summed E-state index contributed by atoms with van der Waals surface area (Å²) in [4.78, 5) is 17.5. The molecule has 0 atom stereocenters. The van der Waals surface area contributed by atoms with Gasteiger partial charge in [0.2, 0.25) is 0 Å². The lowest BCUT2D eigenvalue weighted by Crippen LogP contribution is -2.13. The van der Waals surface area contributed by atoms with Crippen molar-refractivity contribution in [3.05, 3.63) is 59.5 Å². The first-order valence-corrected chi connectivity index (χ1v) is 7.33. The number of nitrogens with zero attached hydrogens (tertiary/aromatic N) is 1. The molecule has 0 saturated carbocycles. The highest BCUT2D eigenvalue weighted by Crippen LogP contribution is 2.25. The maximum absolute atomic E-state index is 13.8. The summed E-state index contributed by atoms with van der Waals surface area (Å²) in [5.41, 5.74) is 3.22. The van der Waals surface area contributed by atoms with Gasteiger partial charge in [0.25, 0.3) is 5.91 Å². The number of hydrogen-bond acceptors (Lipinski definition) is 2. The first-order chi connectivity index (χ1) is 11.0. The van der Waals surface area contributed by atoms with Gasteiger partial charge in [0, 0.05) is 36.6 Å². The fourth-order valence-corrected chi connectivity index (χ4v) is 2.64. The molecule has 3 rings (SSSR count). The molecule has 4 nitrogen and oxygen atoms in total. The van der Waals surface area contributed by atoms with E-state index < -0.39 is 0 Å². The summed E-state index contributed by atoms with van der Waals surface area (Å²) in [5, 5.41) is 3.45. The number of aromatic amines is 1. The van der Waals surface area contributed by atoms with Crippen molar-refractivity contribution >= 4 is 28.2 Å². The Bertz CT molecular complexity index is 866. The van der Waals surface area contributed by atoms with Crippen molar-refractivity contribution in [3.63, 3.8) is 0 Å². The summed E-state index contributed by atoms with van der Waals surface area (Å²) in [5.74, 6) is -0.614. The highest BCUT2D eigenvalue weighted by molar-refractivity contribution is 6.14. The Morgan fingerprint density at radius 3 is 2.48 bits per heavy atom. The van der Waals surface area contributed by atoms with E-state index in [4.69, 9.17) is 0 Å². The Hall–Kier alpha value is -2.82. The van der Waals surface area contributed by atoms with Gasteiger partial charge in [-0.05, 0) is 37.3 Å². The quantitative estimate of drug-likeness (QED) is 0.770. The number of nitrogens with one attached hydrogen (secondary N) is 2. The number of fused-ring (bicyclic) bond motifs is 1. The van der Waals surface area contributed by atoms with Crippen LogP contribution in [0.3, 0.4) is 0 Å². The van der Waals surface area contributed by atoms with Gasteiger partial charge in [-0.15, -0.1) is 0 Å². The largest absolute Gasteiger partial charge is 0.378 e. The Morgan fingerprint density at radius 1 is 1.13 bits per heavy atom. The number of aryl methyl sites for hydroxylation is 1. The molecule has 0 aliphatic rings. The van der Waals surface area contributed by atoms with Crippen LogP contribution in [0.25, 0.3) is 10.9 Å². The molecule has 0 unspecified atom stereocenters. The number of amides is 1. The first-order valence-electron chi connectivity index (χ1n) is 7.33. The molecule has 0 fully saturated rings. The van der Waals surface area contributed by atoms with E-state index in [1.54, 1.807) is 19.1 Å². The normalized spacial score (nSPS) is 10.8. The van der Waals surface area contributed by atoms with E-state index in [-0.39, 0.29) is 11.7 Å². The van der Waals surface area contributed by atoms with Gasteiger partial charge < -0.3 is 15.2 Å². The number of carbonyl (C=O) groups is 1. The molecule has 0 bridgehead atoms. The van der Waals surface area contributed by atoms with E-state index in [1.165, 1.54) is 6.07 Å². The third-order valence-corrected chi connectivity index (χ3v) is 3.84. The number of H-pyrrole nitrogens is 1. The molecule has 0 saturated heterocycles. The smallest absolute Gasteiger partial charge is 0.258 e. The fourth-order valence-electron chi connectivity index (χ4n) is 2.64. The highest BCUT2D eigenvalue weighted by atomic mass is 19.1. The van der Waals surface area contributed by atoms with Crippen molar-refractivity contribution in [2.75, 3.05) is 24.3 Å². The highest BCUT2D eigenvalue weighted by Gasteiger charge is 2.17. The van der Waals surface area contributed by atoms with Gasteiger partial charge in [-0.2, -0.15) is 0 Å². The minimum atomic E-state index is -0.361. The topological polar surface area (TPSA) is 48.1 Å². The zero-order chi connectivity index (χ0) is 16.6. The monoisotopic (exact) mass is 311 g/mol. The van der Waals surface area contributed by atoms with Crippen molar-refractivity contribution in [2.45, 2.75) is 6.92 Å². The standard InChI is InChI=1S/C18H18FN3O/c1-11-16(14-5-4-6-15(19)17(14)20-11)18(23)21-12-7-9-13(10-8-12)22(2)3/h4-10,20H,1-3H3,(H,21,23). The van der Waals surface area contributed by atoms with Crippen LogP contribution in [-0.4, -0.2) is 25.0 Å². The molecule has 23 heavy (non-hydrogen) atoms. The molecular formula is C18H18FN3O. The van der Waals surface area contributed by atoms with E-state index in [0.717, 1.165) is 5.69 Å². The Balaban J connectivity index is 1.92. The van der Waals surface area contributed by atoms with Crippen molar-refractivity contribution in [1.82, 2.24) is 4.98 Å². The Kier molecular flexibility index (Phi) is 3.78. The van der Waals surface area contributed by atoms with E-state index in [9.17, 15) is 9.18 Å². The van der Waals surface area contributed by atoms with Crippen LogP contribution >= 0.6 is 0 Å². The molecule has 0 aliphatic carbocycles. The zero-order valence-electron chi connectivity index (χ0n) is 13.3. The molecule has 0 aliphatic heterocycles. The van der Waals surface area contributed by atoms with Crippen LogP contribution in [-0.2, 0) is 0 Å². The number of halogens is 1. The SMILES string of the molecule is Cc1[nH]c2c(F)cccc2c1C(=O)Nc1ccc(N(C)C)cc1. The van der Waals surface area contributed by atoms with Gasteiger partial charge in [-0.3, -0.25) is 4.79 Å². The maximum atomic E-state index is 13.8. The van der Waals surface area contributed by atoms with Crippen LogP contribution in [0.4, 0.5) is 15.8 Å². The van der Waals surface area contributed by atoms with E-state index in [0.29, 0.717) is 27.8 Å². The summed E-state index contributed by atoms with van der Waals surface area (Å²) >= 11 is 0. The second kappa shape index (κ2) is 5.76. The van der Waals surface area contributed by atoms with Crippen molar-refractivity contribution < 1.29 is 9.18 Å². The number of para-hydroxylation sites is 1. The molecule has 118 valence electrons. The zero-order valence-corrected chi connectivity index (χ0v) is 13.3. The van der Waals surface area contributed by atoms with Gasteiger partial charge >= 0.3 is 0 Å². The second-order valence-corrected chi connectivity index (χ2v) is 5.68. The van der Waals surface area contributed by atoms with Crippen LogP contribution in [0.5, 0.6) is 0 Å². The third-order valence-electron chi connectivity index (χ3n) is 3.84. The van der Waals surface area contributed by atoms with E-state index in [1.807, 2.05) is 43.3 Å². The van der Waals surface area contributed by atoms with Crippen LogP contribution in [0.1, 0.15) is 16.1 Å². The third kappa shape index (κ3) is 2.77. The van der Waals surface area contributed by atoms with Crippen LogP contribution in [0.15, 0.2) is 42.5 Å². The number of aromatic nitrogens is 1. The molecule has 1 amide bonds. The summed E-state index contributed by atoms with van der Waals surface area (Å²) in [7, 11) is 3.91. The van der Waals surface area contributed by atoms with Crippen LogP contribution < -0.4 is 10.2 Å². The predicted octanol–water partition coefficient (Wildman–Crippen LogP) is 3.93. The lowest BCUT2D eigenvalue weighted by atomic mass is 10.1. The molecule has 0 radical (unpaired) electrons. The Labute approximate surface area is 133 Å². The van der Waals surface area contributed by atoms with E-state index in [2.05, 4.69) is 10.3 Å². The lowest BCUT2D eigenvalue weighted by Gasteiger charge is -2.13. The summed E-state index contributed by atoms with van der Waals surface area (Å²) in [6, 6.07) is 12.3. The molecule has 2 N–H and O–H groups in total. The summed E-state index contributed by atoms with van der Waals surface area (Å²) in [6.07, 6.45) is 0. The number of carbonyl (C=O) groups excluding carboxylic acids is 1. The molecule has 5 heteroatoms. The van der Waals surface area contributed by atoms with E-state index >= 15 is 0 Å². The molecule has 0 spiro atoms. The fraction of sp³-hybridized carbons (Fsp3) is 0.167. The van der Waals surface area contributed by atoms with Gasteiger partial charge in [0.15, 0.2) is 0 Å². The minimum Gasteiger partial charge on any atom is -0.378 e. The van der Waals surface area contributed by atoms with Gasteiger partial charge in [-0.25, -0.2) is 4.39 Å². The van der Waals surface area contributed by atoms with Crippen molar-refractivity contribution in [2.24, 2.45) is 0 Å². The maximum Gasteiger partial charge on any atom is 0.258 e. The molecular weight excluding hydrogens is 293 g/mol. The predicted molar refractivity (Wildman–Crippen MR) is 91.7 cm³/mol. The number of benzene rings is 2. The molecule has 1 heterocycles. The van der Waals surface area contributed by atoms with Crippen LogP contribution in [0.2, 0.25) is 0 Å². The average molecular weight is 311 g/mol. The summed E-state index contributed by atoms with van der Waals surface area (Å²) in [6.45, 7) is 1.77. The van der Waals surface area contributed by atoms with Crippen molar-refractivity contribution in [1.29, 1.82) is 0 Å². The summed E-state index contributed by atoms with van der Waals surface area (Å²) < 4.78 is 13.8. The van der Waals surface area contributed by atoms with Crippen LogP contribution in [0, 0.1) is 12.7 Å². The average Bonchev–Trinajstić information content (AvgIpc) is 2.85. The first kappa shape index (κ1) is 15.1. The van der Waals surface area contributed by atoms with Gasteiger partial charge in [0.1, 0.15) is 5.82 Å². The number of hydrogen-bond donors (Lipinski definition) is 2. The lowest BCUT2D eigenvalue weighted by molar-refractivity contribution is 0.102.